The molecular weight excluding hydrogens is 294 g/mol. The van der Waals surface area contributed by atoms with Crippen LogP contribution in [-0.2, 0) is 5.41 Å². The summed E-state index contributed by atoms with van der Waals surface area (Å²) in [5, 5.41) is 3.22. The topological polar surface area (TPSA) is 29.1 Å². The Labute approximate surface area is 142 Å². The van der Waals surface area contributed by atoms with Gasteiger partial charge in [0.15, 0.2) is 0 Å². The van der Waals surface area contributed by atoms with Crippen LogP contribution in [-0.4, -0.2) is 11.9 Å². The Kier molecular flexibility index (Phi) is 3.66. The Morgan fingerprint density at radius 2 is 1.21 bits per heavy atom. The monoisotopic (exact) mass is 313 g/mol. The molecule has 0 spiro atoms. The maximum Gasteiger partial charge on any atom is 0.251 e. The second-order valence-electron chi connectivity index (χ2n) is 6.30. The summed E-state index contributed by atoms with van der Waals surface area (Å²) < 4.78 is 0. The first-order chi connectivity index (χ1) is 11.8. The predicted octanol–water partition coefficient (Wildman–Crippen LogP) is 4.18. The van der Waals surface area contributed by atoms with E-state index in [0.29, 0.717) is 5.56 Å². The molecule has 2 heteroatoms. The lowest BCUT2D eigenvalue weighted by Gasteiger charge is -2.19. The van der Waals surface area contributed by atoms with Gasteiger partial charge in [-0.15, -0.1) is 0 Å². The highest BCUT2D eigenvalue weighted by molar-refractivity contribution is 5.94. The molecule has 1 amide bonds. The molecule has 1 saturated carbocycles. The summed E-state index contributed by atoms with van der Waals surface area (Å²) >= 11 is 0. The molecule has 1 fully saturated rings. The Balaban J connectivity index is 1.65. The van der Waals surface area contributed by atoms with Crippen molar-refractivity contribution in [2.75, 3.05) is 0 Å². The highest BCUT2D eigenvalue weighted by Gasteiger charge is 2.57. The van der Waals surface area contributed by atoms with Crippen molar-refractivity contribution in [1.82, 2.24) is 5.32 Å². The predicted molar refractivity (Wildman–Crippen MR) is 96.0 cm³/mol. The van der Waals surface area contributed by atoms with E-state index < -0.39 is 0 Å². The Morgan fingerprint density at radius 1 is 0.750 bits per heavy atom. The molecule has 0 radical (unpaired) electrons. The number of benzene rings is 3. The smallest absolute Gasteiger partial charge is 0.251 e. The summed E-state index contributed by atoms with van der Waals surface area (Å²) in [6.45, 7) is 0. The zero-order chi connectivity index (χ0) is 16.4. The number of hydrogen-bond donors (Lipinski definition) is 1. The fourth-order valence-corrected chi connectivity index (χ4v) is 3.54. The van der Waals surface area contributed by atoms with Gasteiger partial charge >= 0.3 is 0 Å². The summed E-state index contributed by atoms with van der Waals surface area (Å²) in [5.74, 6) is -0.00524. The molecule has 0 saturated heterocycles. The van der Waals surface area contributed by atoms with Crippen molar-refractivity contribution in [2.24, 2.45) is 0 Å². The third-order valence-electron chi connectivity index (χ3n) is 4.88. The van der Waals surface area contributed by atoms with E-state index in [1.54, 1.807) is 0 Å². The second kappa shape index (κ2) is 5.97. The van der Waals surface area contributed by atoms with E-state index >= 15 is 0 Å². The zero-order valence-corrected chi connectivity index (χ0v) is 13.4. The highest BCUT2D eigenvalue weighted by Crippen LogP contribution is 2.53. The molecule has 4 rings (SSSR count). The minimum atomic E-state index is -0.118. The van der Waals surface area contributed by atoms with Gasteiger partial charge in [-0.2, -0.15) is 0 Å². The van der Waals surface area contributed by atoms with Gasteiger partial charge in [0.05, 0.1) is 0 Å². The van der Waals surface area contributed by atoms with Crippen molar-refractivity contribution >= 4 is 5.91 Å². The van der Waals surface area contributed by atoms with E-state index in [4.69, 9.17) is 0 Å². The number of rotatable bonds is 4. The fourth-order valence-electron chi connectivity index (χ4n) is 3.54. The van der Waals surface area contributed by atoms with Crippen LogP contribution in [0.25, 0.3) is 0 Å². The van der Waals surface area contributed by atoms with E-state index in [-0.39, 0.29) is 17.4 Å². The maximum atomic E-state index is 12.5. The number of nitrogens with one attached hydrogen (secondary N) is 1. The van der Waals surface area contributed by atoms with Gasteiger partial charge < -0.3 is 5.32 Å². The van der Waals surface area contributed by atoms with Gasteiger partial charge in [-0.1, -0.05) is 78.9 Å². The molecule has 1 aliphatic carbocycles. The average molecular weight is 313 g/mol. The largest absolute Gasteiger partial charge is 0.348 e. The van der Waals surface area contributed by atoms with Gasteiger partial charge in [0.1, 0.15) is 0 Å². The van der Waals surface area contributed by atoms with Gasteiger partial charge in [0, 0.05) is 17.0 Å². The quantitative estimate of drug-likeness (QED) is 0.769. The molecular formula is C22H19NO. The molecule has 3 aromatic carbocycles. The van der Waals surface area contributed by atoms with Gasteiger partial charge in [-0.25, -0.2) is 0 Å². The molecule has 0 aromatic heterocycles. The van der Waals surface area contributed by atoms with E-state index in [2.05, 4.69) is 53.8 Å². The van der Waals surface area contributed by atoms with Crippen molar-refractivity contribution in [3.8, 4) is 0 Å². The van der Waals surface area contributed by atoms with Crippen LogP contribution in [0, 0.1) is 0 Å². The molecule has 1 N–H and O–H groups in total. The molecule has 0 heterocycles. The van der Waals surface area contributed by atoms with Crippen molar-refractivity contribution in [1.29, 1.82) is 0 Å². The van der Waals surface area contributed by atoms with Crippen molar-refractivity contribution in [2.45, 2.75) is 17.9 Å². The van der Waals surface area contributed by atoms with Gasteiger partial charge in [0.2, 0.25) is 0 Å². The van der Waals surface area contributed by atoms with Crippen LogP contribution in [0.4, 0.5) is 0 Å². The Hall–Kier alpha value is -2.87. The van der Waals surface area contributed by atoms with E-state index in [1.807, 2.05) is 42.5 Å². The average Bonchev–Trinajstić information content (AvgIpc) is 3.39. The number of amides is 1. The van der Waals surface area contributed by atoms with E-state index in [9.17, 15) is 4.79 Å². The summed E-state index contributed by atoms with van der Waals surface area (Å²) in [6, 6.07) is 30.5. The number of carbonyl (C=O) groups excluding carboxylic acids is 1. The van der Waals surface area contributed by atoms with Crippen molar-refractivity contribution in [3.63, 3.8) is 0 Å². The Bertz CT molecular complexity index is 788. The molecule has 118 valence electrons. The third kappa shape index (κ3) is 2.50. The first-order valence-corrected chi connectivity index (χ1v) is 8.28. The molecule has 0 unspecified atom stereocenters. The number of hydrogen-bond acceptors (Lipinski definition) is 1. The molecule has 3 aromatic rings. The highest BCUT2D eigenvalue weighted by atomic mass is 16.1. The fraction of sp³-hybridized carbons (Fsp3) is 0.136. The van der Waals surface area contributed by atoms with Gasteiger partial charge in [0.25, 0.3) is 5.91 Å². The standard InChI is InChI=1S/C22H19NO/c24-21(17-10-4-1-5-11-17)23-20-16-22(20,18-12-6-2-7-13-18)19-14-8-3-9-15-19/h1-15,20H,16H2,(H,23,24)/t20-/m0/s1. The van der Waals surface area contributed by atoms with Crippen molar-refractivity contribution in [3.05, 3.63) is 108 Å². The van der Waals surface area contributed by atoms with Crippen molar-refractivity contribution < 1.29 is 4.79 Å². The van der Waals surface area contributed by atoms with Crippen LogP contribution < -0.4 is 5.32 Å². The van der Waals surface area contributed by atoms with Crippen LogP contribution in [0.5, 0.6) is 0 Å². The molecule has 0 aliphatic heterocycles. The van der Waals surface area contributed by atoms with Crippen LogP contribution in [0.15, 0.2) is 91.0 Å². The van der Waals surface area contributed by atoms with Crippen LogP contribution >= 0.6 is 0 Å². The van der Waals surface area contributed by atoms with Crippen LogP contribution in [0.2, 0.25) is 0 Å². The molecule has 1 aliphatic rings. The first kappa shape index (κ1) is 14.7. The first-order valence-electron chi connectivity index (χ1n) is 8.28. The van der Waals surface area contributed by atoms with Crippen LogP contribution in [0.3, 0.4) is 0 Å². The minimum absolute atomic E-state index is 0.00524. The SMILES string of the molecule is O=C(N[C@H]1CC1(c1ccccc1)c1ccccc1)c1ccccc1. The summed E-state index contributed by atoms with van der Waals surface area (Å²) in [6.07, 6.45) is 0.930. The normalized spacial score (nSPS) is 17.9. The van der Waals surface area contributed by atoms with Gasteiger partial charge in [-0.3, -0.25) is 4.79 Å². The van der Waals surface area contributed by atoms with Crippen LogP contribution in [0.1, 0.15) is 27.9 Å². The summed E-state index contributed by atoms with van der Waals surface area (Å²) in [5.41, 5.74) is 3.11. The number of carbonyl (C=O) groups is 1. The van der Waals surface area contributed by atoms with Gasteiger partial charge in [-0.05, 0) is 29.7 Å². The van der Waals surface area contributed by atoms with E-state index in [0.717, 1.165) is 6.42 Å². The second-order valence-corrected chi connectivity index (χ2v) is 6.30. The van der Waals surface area contributed by atoms with E-state index in [1.165, 1.54) is 11.1 Å². The third-order valence-corrected chi connectivity index (χ3v) is 4.88. The maximum absolute atomic E-state index is 12.5. The summed E-state index contributed by atoms with van der Waals surface area (Å²) in [7, 11) is 0. The molecule has 1 atom stereocenters. The molecule has 2 nitrogen and oxygen atoms in total. The summed E-state index contributed by atoms with van der Waals surface area (Å²) in [4.78, 5) is 12.5. The lowest BCUT2D eigenvalue weighted by molar-refractivity contribution is 0.0949. The zero-order valence-electron chi connectivity index (χ0n) is 13.4. The minimum Gasteiger partial charge on any atom is -0.348 e. The lowest BCUT2D eigenvalue weighted by atomic mass is 9.87. The lowest BCUT2D eigenvalue weighted by Crippen LogP contribution is -2.31. The molecule has 24 heavy (non-hydrogen) atoms. The Morgan fingerprint density at radius 3 is 1.71 bits per heavy atom. The molecule has 0 bridgehead atoms.